The molecule has 1 aromatic carbocycles. The van der Waals surface area contributed by atoms with Crippen LogP contribution < -0.4 is 0 Å². The van der Waals surface area contributed by atoms with E-state index in [9.17, 15) is 0 Å². The summed E-state index contributed by atoms with van der Waals surface area (Å²) in [6.07, 6.45) is 7.37. The molecule has 2 aromatic rings. The summed E-state index contributed by atoms with van der Waals surface area (Å²) in [6, 6.07) is 10.4. The third kappa shape index (κ3) is 2.69. The summed E-state index contributed by atoms with van der Waals surface area (Å²) in [4.78, 5) is 4.35. The van der Waals surface area contributed by atoms with Crippen molar-refractivity contribution in [3.05, 3.63) is 48.2 Å². The van der Waals surface area contributed by atoms with E-state index in [2.05, 4.69) is 55.2 Å². The smallest absolute Gasteiger partial charge is 0.0707 e. The first kappa shape index (κ1) is 10.9. The fourth-order valence-electron chi connectivity index (χ4n) is 1.66. The predicted molar refractivity (Wildman–Crippen MR) is 70.2 cm³/mol. The van der Waals surface area contributed by atoms with Crippen molar-refractivity contribution in [3.63, 3.8) is 0 Å². The van der Waals surface area contributed by atoms with Gasteiger partial charge in [-0.1, -0.05) is 44.2 Å². The van der Waals surface area contributed by atoms with Gasteiger partial charge in [0.2, 0.25) is 0 Å². The lowest BCUT2D eigenvalue weighted by Crippen LogP contribution is -1.82. The Morgan fingerprint density at radius 3 is 2.94 bits per heavy atom. The summed E-state index contributed by atoms with van der Waals surface area (Å²) < 4.78 is 0. The van der Waals surface area contributed by atoms with Crippen LogP contribution in [0.4, 0.5) is 0 Å². The minimum Gasteiger partial charge on any atom is -0.256 e. The number of benzene rings is 1. The van der Waals surface area contributed by atoms with E-state index in [1.807, 2.05) is 12.3 Å². The van der Waals surface area contributed by atoms with Gasteiger partial charge in [-0.05, 0) is 30.0 Å². The lowest BCUT2D eigenvalue weighted by atomic mass is 10.1. The maximum absolute atomic E-state index is 4.35. The van der Waals surface area contributed by atoms with E-state index < -0.39 is 0 Å². The summed E-state index contributed by atoms with van der Waals surface area (Å²) in [6.45, 7) is 4.46. The zero-order chi connectivity index (χ0) is 11.4. The number of allylic oxidation sites excluding steroid dienone is 1. The maximum atomic E-state index is 4.35. The number of aromatic nitrogens is 1. The van der Waals surface area contributed by atoms with E-state index in [0.717, 1.165) is 17.9 Å². The van der Waals surface area contributed by atoms with E-state index in [4.69, 9.17) is 0 Å². The molecular formula is C15H17N. The van der Waals surface area contributed by atoms with E-state index in [1.165, 1.54) is 10.9 Å². The first-order chi connectivity index (χ1) is 7.75. The van der Waals surface area contributed by atoms with Gasteiger partial charge in [0.05, 0.1) is 5.52 Å². The zero-order valence-corrected chi connectivity index (χ0v) is 9.85. The van der Waals surface area contributed by atoms with Crippen molar-refractivity contribution in [2.24, 2.45) is 5.92 Å². The fraction of sp³-hybridized carbons (Fsp3) is 0.267. The lowest BCUT2D eigenvalue weighted by molar-refractivity contribution is 0.665. The molecule has 82 valence electrons. The lowest BCUT2D eigenvalue weighted by Gasteiger charge is -1.99. The van der Waals surface area contributed by atoms with Crippen LogP contribution in [0.25, 0.3) is 17.0 Å². The number of hydrogen-bond acceptors (Lipinski definition) is 1. The first-order valence-electron chi connectivity index (χ1n) is 5.77. The molecule has 0 saturated carbocycles. The van der Waals surface area contributed by atoms with Gasteiger partial charge in [0.25, 0.3) is 0 Å². The summed E-state index contributed by atoms with van der Waals surface area (Å²) in [5.41, 5.74) is 2.29. The summed E-state index contributed by atoms with van der Waals surface area (Å²) in [5.74, 6) is 0.717. The number of hydrogen-bond donors (Lipinski definition) is 0. The Kier molecular flexibility index (Phi) is 3.35. The van der Waals surface area contributed by atoms with Crippen LogP contribution in [0, 0.1) is 5.92 Å². The van der Waals surface area contributed by atoms with Gasteiger partial charge in [0.15, 0.2) is 0 Å². The second-order valence-corrected chi connectivity index (χ2v) is 4.49. The Hall–Kier alpha value is -1.63. The average Bonchev–Trinajstić information content (AvgIpc) is 2.28. The first-order valence-corrected chi connectivity index (χ1v) is 5.77. The standard InChI is InChI=1S/C15H17N/c1-12(2)5-3-6-13-8-9-14-7-4-10-16-15(14)11-13/h3-4,6-12H,5H2,1-2H3/b6-3+. The van der Waals surface area contributed by atoms with Crippen LogP contribution in [-0.4, -0.2) is 4.98 Å². The molecule has 1 heterocycles. The fourth-order valence-corrected chi connectivity index (χ4v) is 1.66. The molecule has 0 bridgehead atoms. The summed E-state index contributed by atoms with van der Waals surface area (Å²) in [7, 11) is 0. The molecule has 0 saturated heterocycles. The quantitative estimate of drug-likeness (QED) is 0.737. The van der Waals surface area contributed by atoms with Crippen LogP contribution in [0.3, 0.4) is 0 Å². The largest absolute Gasteiger partial charge is 0.256 e. The molecule has 1 heteroatoms. The molecule has 16 heavy (non-hydrogen) atoms. The number of fused-ring (bicyclic) bond motifs is 1. The van der Waals surface area contributed by atoms with Crippen molar-refractivity contribution in [2.45, 2.75) is 20.3 Å². The van der Waals surface area contributed by atoms with Gasteiger partial charge in [-0.15, -0.1) is 0 Å². The molecular weight excluding hydrogens is 194 g/mol. The molecule has 0 amide bonds. The molecule has 0 unspecified atom stereocenters. The second kappa shape index (κ2) is 4.93. The Morgan fingerprint density at radius 2 is 2.12 bits per heavy atom. The van der Waals surface area contributed by atoms with Crippen molar-refractivity contribution >= 4 is 17.0 Å². The maximum Gasteiger partial charge on any atom is 0.0707 e. The molecule has 0 aliphatic heterocycles. The van der Waals surface area contributed by atoms with Gasteiger partial charge in [-0.2, -0.15) is 0 Å². The topological polar surface area (TPSA) is 12.9 Å². The van der Waals surface area contributed by atoms with Gasteiger partial charge in [-0.3, -0.25) is 4.98 Å². The minimum atomic E-state index is 0.717. The van der Waals surface area contributed by atoms with Gasteiger partial charge >= 0.3 is 0 Å². The number of rotatable bonds is 3. The minimum absolute atomic E-state index is 0.717. The highest BCUT2D eigenvalue weighted by Crippen LogP contribution is 2.14. The highest BCUT2D eigenvalue weighted by atomic mass is 14.6. The summed E-state index contributed by atoms with van der Waals surface area (Å²) in [5, 5.41) is 1.20. The molecule has 0 fully saturated rings. The Labute approximate surface area is 96.8 Å². The summed E-state index contributed by atoms with van der Waals surface area (Å²) >= 11 is 0. The normalized spacial score (nSPS) is 11.7. The van der Waals surface area contributed by atoms with Crippen LogP contribution in [0.2, 0.25) is 0 Å². The van der Waals surface area contributed by atoms with E-state index in [1.54, 1.807) is 0 Å². The second-order valence-electron chi connectivity index (χ2n) is 4.49. The third-order valence-electron chi connectivity index (χ3n) is 2.55. The van der Waals surface area contributed by atoms with Crippen LogP contribution in [0.1, 0.15) is 25.8 Å². The Balaban J connectivity index is 2.22. The zero-order valence-electron chi connectivity index (χ0n) is 9.85. The SMILES string of the molecule is CC(C)C/C=C/c1ccc2cccnc2c1. The van der Waals surface area contributed by atoms with Crippen LogP contribution in [0.15, 0.2) is 42.6 Å². The van der Waals surface area contributed by atoms with E-state index in [0.29, 0.717) is 0 Å². The van der Waals surface area contributed by atoms with Crippen LogP contribution >= 0.6 is 0 Å². The highest BCUT2D eigenvalue weighted by Gasteiger charge is 1.94. The van der Waals surface area contributed by atoms with Crippen molar-refractivity contribution in [2.75, 3.05) is 0 Å². The number of nitrogens with zero attached hydrogens (tertiary/aromatic N) is 1. The predicted octanol–water partition coefficient (Wildman–Crippen LogP) is 4.29. The van der Waals surface area contributed by atoms with Gasteiger partial charge in [0, 0.05) is 11.6 Å². The average molecular weight is 211 g/mol. The molecule has 0 aliphatic carbocycles. The molecule has 0 spiro atoms. The molecule has 0 atom stereocenters. The Morgan fingerprint density at radius 1 is 1.25 bits per heavy atom. The van der Waals surface area contributed by atoms with Crippen molar-refractivity contribution in [3.8, 4) is 0 Å². The molecule has 1 nitrogen and oxygen atoms in total. The third-order valence-corrected chi connectivity index (χ3v) is 2.55. The molecule has 0 N–H and O–H groups in total. The van der Waals surface area contributed by atoms with Gasteiger partial charge in [0.1, 0.15) is 0 Å². The van der Waals surface area contributed by atoms with Crippen LogP contribution in [0.5, 0.6) is 0 Å². The highest BCUT2D eigenvalue weighted by molar-refractivity contribution is 5.80. The van der Waals surface area contributed by atoms with E-state index >= 15 is 0 Å². The van der Waals surface area contributed by atoms with Gasteiger partial charge in [-0.25, -0.2) is 0 Å². The van der Waals surface area contributed by atoms with Crippen LogP contribution in [-0.2, 0) is 0 Å². The van der Waals surface area contributed by atoms with Crippen molar-refractivity contribution in [1.29, 1.82) is 0 Å². The molecule has 0 radical (unpaired) electrons. The van der Waals surface area contributed by atoms with Gasteiger partial charge < -0.3 is 0 Å². The van der Waals surface area contributed by atoms with Crippen molar-refractivity contribution in [1.82, 2.24) is 4.98 Å². The van der Waals surface area contributed by atoms with Crippen molar-refractivity contribution < 1.29 is 0 Å². The number of pyridine rings is 1. The monoisotopic (exact) mass is 211 g/mol. The Bertz CT molecular complexity index is 498. The molecule has 1 aromatic heterocycles. The molecule has 2 rings (SSSR count). The molecule has 0 aliphatic rings. The van der Waals surface area contributed by atoms with E-state index in [-0.39, 0.29) is 0 Å².